The first-order valence-corrected chi connectivity index (χ1v) is 8.52. The van der Waals surface area contributed by atoms with Crippen LogP contribution in [0.4, 0.5) is 5.69 Å². The fourth-order valence-electron chi connectivity index (χ4n) is 2.95. The summed E-state index contributed by atoms with van der Waals surface area (Å²) in [5.41, 5.74) is 4.64. The Kier molecular flexibility index (Phi) is 5.02. The SMILES string of the molecule is CCc1cccc(C)c1NC(=O)c1nnn(-c2ccccc2OC)c1C. The van der Waals surface area contributed by atoms with E-state index in [0.717, 1.165) is 28.9 Å². The van der Waals surface area contributed by atoms with Gasteiger partial charge in [-0.25, -0.2) is 4.68 Å². The predicted molar refractivity (Wildman–Crippen MR) is 101 cm³/mol. The van der Waals surface area contributed by atoms with Crippen molar-refractivity contribution in [3.8, 4) is 11.4 Å². The van der Waals surface area contributed by atoms with Gasteiger partial charge in [0.1, 0.15) is 11.4 Å². The van der Waals surface area contributed by atoms with Crippen molar-refractivity contribution < 1.29 is 9.53 Å². The van der Waals surface area contributed by atoms with Gasteiger partial charge in [-0.1, -0.05) is 42.5 Å². The van der Waals surface area contributed by atoms with Crippen LogP contribution >= 0.6 is 0 Å². The van der Waals surface area contributed by atoms with Crippen LogP contribution in [0.1, 0.15) is 34.2 Å². The van der Waals surface area contributed by atoms with Crippen LogP contribution in [-0.4, -0.2) is 28.0 Å². The number of anilines is 1. The van der Waals surface area contributed by atoms with Gasteiger partial charge in [-0.05, 0) is 43.5 Å². The molecule has 3 aromatic rings. The van der Waals surface area contributed by atoms with E-state index in [0.29, 0.717) is 17.1 Å². The number of hydrogen-bond acceptors (Lipinski definition) is 4. The molecule has 1 N–H and O–H groups in total. The van der Waals surface area contributed by atoms with Crippen molar-refractivity contribution in [3.63, 3.8) is 0 Å². The molecule has 26 heavy (non-hydrogen) atoms. The highest BCUT2D eigenvalue weighted by Crippen LogP contribution is 2.25. The minimum absolute atomic E-state index is 0.271. The summed E-state index contributed by atoms with van der Waals surface area (Å²) in [5.74, 6) is 0.396. The Bertz CT molecular complexity index is 947. The summed E-state index contributed by atoms with van der Waals surface area (Å²) in [6.07, 6.45) is 0.837. The van der Waals surface area contributed by atoms with Crippen molar-refractivity contribution in [2.45, 2.75) is 27.2 Å². The maximum Gasteiger partial charge on any atom is 0.278 e. The zero-order valence-electron chi connectivity index (χ0n) is 15.4. The van der Waals surface area contributed by atoms with Crippen LogP contribution in [-0.2, 0) is 6.42 Å². The zero-order chi connectivity index (χ0) is 18.7. The molecule has 0 saturated carbocycles. The molecule has 0 fully saturated rings. The van der Waals surface area contributed by atoms with Crippen LogP contribution in [0, 0.1) is 13.8 Å². The number of hydrogen-bond donors (Lipinski definition) is 1. The first-order valence-electron chi connectivity index (χ1n) is 8.52. The molecular weight excluding hydrogens is 328 g/mol. The molecule has 0 aliphatic carbocycles. The molecule has 0 spiro atoms. The molecule has 1 heterocycles. The number of rotatable bonds is 5. The number of carbonyl (C=O) groups is 1. The van der Waals surface area contributed by atoms with Gasteiger partial charge in [0.15, 0.2) is 5.69 Å². The maximum absolute atomic E-state index is 12.8. The number of ether oxygens (including phenoxy) is 1. The lowest BCUT2D eigenvalue weighted by Gasteiger charge is -2.12. The standard InChI is InChI=1S/C20H22N4O2/c1-5-15-10-8-9-13(2)18(15)21-20(25)19-14(3)24(23-22-19)16-11-6-7-12-17(16)26-4/h6-12H,5H2,1-4H3,(H,21,25). The Morgan fingerprint density at radius 3 is 2.65 bits per heavy atom. The number of aryl methyl sites for hydroxylation is 2. The average Bonchev–Trinajstić information content (AvgIpc) is 3.04. The molecule has 134 valence electrons. The van der Waals surface area contributed by atoms with Crippen LogP contribution in [0.5, 0.6) is 5.75 Å². The lowest BCUT2D eigenvalue weighted by atomic mass is 10.1. The van der Waals surface area contributed by atoms with E-state index in [1.54, 1.807) is 11.8 Å². The van der Waals surface area contributed by atoms with Gasteiger partial charge in [-0.2, -0.15) is 0 Å². The summed E-state index contributed by atoms with van der Waals surface area (Å²) >= 11 is 0. The third-order valence-electron chi connectivity index (χ3n) is 4.40. The molecule has 2 aromatic carbocycles. The van der Waals surface area contributed by atoms with Gasteiger partial charge in [0.2, 0.25) is 0 Å². The Labute approximate surface area is 152 Å². The van der Waals surface area contributed by atoms with Crippen LogP contribution in [0.25, 0.3) is 5.69 Å². The number of para-hydroxylation sites is 3. The Hall–Kier alpha value is -3.15. The first kappa shape index (κ1) is 17.7. The molecule has 6 nitrogen and oxygen atoms in total. The molecule has 1 amide bonds. The van der Waals surface area contributed by atoms with E-state index < -0.39 is 0 Å². The van der Waals surface area contributed by atoms with Crippen molar-refractivity contribution in [2.24, 2.45) is 0 Å². The van der Waals surface area contributed by atoms with Crippen molar-refractivity contribution in [1.29, 1.82) is 0 Å². The van der Waals surface area contributed by atoms with Gasteiger partial charge in [-0.15, -0.1) is 5.10 Å². The van der Waals surface area contributed by atoms with E-state index in [1.165, 1.54) is 0 Å². The number of aromatic nitrogens is 3. The summed E-state index contributed by atoms with van der Waals surface area (Å²) in [7, 11) is 1.60. The van der Waals surface area contributed by atoms with Gasteiger partial charge in [-0.3, -0.25) is 4.79 Å². The monoisotopic (exact) mass is 350 g/mol. The molecule has 0 radical (unpaired) electrons. The molecular formula is C20H22N4O2. The van der Waals surface area contributed by atoms with Crippen molar-refractivity contribution in [2.75, 3.05) is 12.4 Å². The third kappa shape index (κ3) is 3.18. The van der Waals surface area contributed by atoms with Crippen LogP contribution in [0.2, 0.25) is 0 Å². The predicted octanol–water partition coefficient (Wildman–Crippen LogP) is 3.71. The number of nitrogens with zero attached hydrogens (tertiary/aromatic N) is 3. The highest BCUT2D eigenvalue weighted by molar-refractivity contribution is 6.04. The fraction of sp³-hybridized carbons (Fsp3) is 0.250. The Balaban J connectivity index is 1.95. The maximum atomic E-state index is 12.8. The molecule has 6 heteroatoms. The largest absolute Gasteiger partial charge is 0.494 e. The second-order valence-corrected chi connectivity index (χ2v) is 6.02. The van der Waals surface area contributed by atoms with Crippen LogP contribution in [0.3, 0.4) is 0 Å². The molecule has 1 aromatic heterocycles. The molecule has 0 unspecified atom stereocenters. The number of amides is 1. The summed E-state index contributed by atoms with van der Waals surface area (Å²) < 4.78 is 6.99. The number of nitrogens with one attached hydrogen (secondary N) is 1. The van der Waals surface area contributed by atoms with E-state index in [1.807, 2.05) is 56.3 Å². The normalized spacial score (nSPS) is 10.6. The van der Waals surface area contributed by atoms with E-state index in [2.05, 4.69) is 22.6 Å². The van der Waals surface area contributed by atoms with Crippen LogP contribution < -0.4 is 10.1 Å². The molecule has 0 aliphatic rings. The van der Waals surface area contributed by atoms with Crippen LogP contribution in [0.15, 0.2) is 42.5 Å². The molecule has 0 saturated heterocycles. The zero-order valence-corrected chi connectivity index (χ0v) is 15.4. The lowest BCUT2D eigenvalue weighted by molar-refractivity contribution is 0.102. The van der Waals surface area contributed by atoms with E-state index in [4.69, 9.17) is 4.74 Å². The number of benzene rings is 2. The lowest BCUT2D eigenvalue weighted by Crippen LogP contribution is -2.16. The summed E-state index contributed by atoms with van der Waals surface area (Å²) in [6.45, 7) is 5.86. The smallest absolute Gasteiger partial charge is 0.278 e. The van der Waals surface area contributed by atoms with Crippen molar-refractivity contribution in [3.05, 3.63) is 65.0 Å². The highest BCUT2D eigenvalue weighted by Gasteiger charge is 2.20. The van der Waals surface area contributed by atoms with Gasteiger partial charge in [0, 0.05) is 5.69 Å². The van der Waals surface area contributed by atoms with E-state index >= 15 is 0 Å². The first-order chi connectivity index (χ1) is 12.6. The minimum Gasteiger partial charge on any atom is -0.494 e. The molecule has 0 aliphatic heterocycles. The van der Waals surface area contributed by atoms with Gasteiger partial charge >= 0.3 is 0 Å². The third-order valence-corrected chi connectivity index (χ3v) is 4.40. The summed E-state index contributed by atoms with van der Waals surface area (Å²) in [6, 6.07) is 13.5. The van der Waals surface area contributed by atoms with Gasteiger partial charge in [0.05, 0.1) is 12.8 Å². The number of carbonyl (C=O) groups excluding carboxylic acids is 1. The quantitative estimate of drug-likeness (QED) is 0.762. The Morgan fingerprint density at radius 1 is 1.15 bits per heavy atom. The topological polar surface area (TPSA) is 69.0 Å². The van der Waals surface area contributed by atoms with Gasteiger partial charge < -0.3 is 10.1 Å². The van der Waals surface area contributed by atoms with Gasteiger partial charge in [0.25, 0.3) is 5.91 Å². The minimum atomic E-state index is -0.271. The molecule has 3 rings (SSSR count). The second kappa shape index (κ2) is 7.39. The van der Waals surface area contributed by atoms with E-state index in [9.17, 15) is 4.79 Å². The fourth-order valence-corrected chi connectivity index (χ4v) is 2.95. The van der Waals surface area contributed by atoms with E-state index in [-0.39, 0.29) is 5.91 Å². The average molecular weight is 350 g/mol. The molecule has 0 bridgehead atoms. The number of methoxy groups -OCH3 is 1. The summed E-state index contributed by atoms with van der Waals surface area (Å²) in [5, 5.41) is 11.2. The molecule has 0 atom stereocenters. The van der Waals surface area contributed by atoms with Crippen molar-refractivity contribution >= 4 is 11.6 Å². The highest BCUT2D eigenvalue weighted by atomic mass is 16.5. The summed E-state index contributed by atoms with van der Waals surface area (Å²) in [4.78, 5) is 12.8. The van der Waals surface area contributed by atoms with Crippen molar-refractivity contribution in [1.82, 2.24) is 15.0 Å². The second-order valence-electron chi connectivity index (χ2n) is 6.02. The Morgan fingerprint density at radius 2 is 1.92 bits per heavy atom.